The second-order valence-corrected chi connectivity index (χ2v) is 11.7. The molecule has 0 atom stereocenters. The number of ether oxygens (including phenoxy) is 4. The summed E-state index contributed by atoms with van der Waals surface area (Å²) in [5.74, 6) is 0. The maximum Gasteiger partial charge on any atom is 0.158 e. The average Bonchev–Trinajstić information content (AvgIpc) is 2.57. The van der Waals surface area contributed by atoms with E-state index in [-0.39, 0.29) is 37.0 Å². The van der Waals surface area contributed by atoms with E-state index < -0.39 is 0 Å². The van der Waals surface area contributed by atoms with Crippen LogP contribution in [0.4, 0.5) is 0 Å². The minimum absolute atomic E-state index is 0.0375. The molecule has 0 fully saturated rings. The highest BCUT2D eigenvalue weighted by Crippen LogP contribution is 2.14. The van der Waals surface area contributed by atoms with Crippen LogP contribution in [-0.4, -0.2) is 56.0 Å². The molecule has 0 aliphatic rings. The van der Waals surface area contributed by atoms with Gasteiger partial charge in [-0.2, -0.15) is 0 Å². The Labute approximate surface area is 186 Å². The molecule has 29 heavy (non-hydrogen) atoms. The van der Waals surface area contributed by atoms with Crippen LogP contribution >= 0.6 is 0 Å². The van der Waals surface area contributed by atoms with E-state index in [0.717, 1.165) is 31.9 Å². The van der Waals surface area contributed by atoms with Crippen molar-refractivity contribution in [1.82, 2.24) is 0 Å². The van der Waals surface area contributed by atoms with Gasteiger partial charge < -0.3 is 18.9 Å². The summed E-state index contributed by atoms with van der Waals surface area (Å²) in [6, 6.07) is 5.37. The maximum atomic E-state index is 5.87. The summed E-state index contributed by atoms with van der Waals surface area (Å²) in [5.41, 5.74) is 0. The smallest absolute Gasteiger partial charge is 0.158 e. The molecule has 0 aromatic carbocycles. The Bertz CT molecular complexity index is 300. The van der Waals surface area contributed by atoms with E-state index in [4.69, 9.17) is 18.9 Å². The molecule has 4 nitrogen and oxygen atoms in total. The summed E-state index contributed by atoms with van der Waals surface area (Å²) in [6.07, 6.45) is 6.66. The predicted octanol–water partition coefficient (Wildman–Crippen LogP) is 6.37. The van der Waals surface area contributed by atoms with Crippen molar-refractivity contribution < 1.29 is 18.9 Å². The lowest BCUT2D eigenvalue weighted by atomic mass is 10.3. The Balaban J connectivity index is 3.62. The van der Waals surface area contributed by atoms with Gasteiger partial charge >= 0.3 is 0 Å². The quantitative estimate of drug-likeness (QED) is 0.124. The Morgan fingerprint density at radius 2 is 0.724 bits per heavy atom. The molecule has 0 saturated carbocycles. The van der Waals surface area contributed by atoms with Gasteiger partial charge in [0.2, 0.25) is 0 Å². The van der Waals surface area contributed by atoms with Crippen molar-refractivity contribution in [3.05, 3.63) is 0 Å². The van der Waals surface area contributed by atoms with E-state index in [0.29, 0.717) is 0 Å². The summed E-state index contributed by atoms with van der Waals surface area (Å²) < 4.78 is 23.5. The number of hydrogen-bond acceptors (Lipinski definition) is 4. The summed E-state index contributed by atoms with van der Waals surface area (Å²) in [4.78, 5) is 0. The predicted molar refractivity (Wildman–Crippen MR) is 126 cm³/mol. The Morgan fingerprint density at radius 1 is 0.448 bits per heavy atom. The van der Waals surface area contributed by atoms with Gasteiger partial charge in [-0.25, -0.2) is 0 Å². The van der Waals surface area contributed by atoms with Gasteiger partial charge in [0.25, 0.3) is 0 Å². The van der Waals surface area contributed by atoms with E-state index in [9.17, 15) is 0 Å². The van der Waals surface area contributed by atoms with Gasteiger partial charge in [-0.3, -0.25) is 0 Å². The van der Waals surface area contributed by atoms with Crippen molar-refractivity contribution in [3.63, 3.8) is 0 Å². The second-order valence-electron chi connectivity index (χ2n) is 8.74. The third-order valence-corrected chi connectivity index (χ3v) is 6.82. The molecular weight excluding hydrogens is 396 g/mol. The van der Waals surface area contributed by atoms with Crippen LogP contribution in [0, 0.1) is 0 Å². The molecule has 0 saturated heterocycles. The monoisotopic (exact) mass is 444 g/mol. The molecule has 172 valence electrons. The molecule has 0 aliphatic heterocycles. The lowest BCUT2D eigenvalue weighted by Crippen LogP contribution is -2.24. The lowest BCUT2D eigenvalue weighted by molar-refractivity contribution is -0.184. The van der Waals surface area contributed by atoms with Crippen LogP contribution in [0.1, 0.15) is 87.5 Å². The fourth-order valence-electron chi connectivity index (χ4n) is 2.93. The minimum Gasteiger partial charge on any atom is -0.350 e. The first-order valence-corrected chi connectivity index (χ1v) is 14.6. The van der Waals surface area contributed by atoms with Gasteiger partial charge in [-0.1, -0.05) is 43.4 Å². The van der Waals surface area contributed by atoms with E-state index >= 15 is 0 Å². The lowest BCUT2D eigenvalue weighted by Gasteiger charge is -2.23. The molecule has 0 aliphatic carbocycles. The van der Waals surface area contributed by atoms with E-state index in [1.165, 1.54) is 43.4 Å². The molecule has 0 amide bonds. The fourth-order valence-corrected chi connectivity index (χ4v) is 5.54. The molecule has 0 aromatic rings. The maximum absolute atomic E-state index is 5.87. The molecule has 0 unspecified atom stereocenters. The zero-order valence-corrected chi connectivity index (χ0v) is 22.5. The standard InChI is InChI=1S/C23H48O4Si2/c1-18(2)24-22(25-19(3)4)12-9-14-28-16-11-17-29-15-10-13-23(26-20(5)6)27-21(7)8/h18-23H,9-17H2,1-8H3. The van der Waals surface area contributed by atoms with Crippen LogP contribution in [0.5, 0.6) is 0 Å². The Kier molecular flexibility index (Phi) is 19.2. The highest BCUT2D eigenvalue weighted by Gasteiger charge is 2.14. The van der Waals surface area contributed by atoms with Crippen LogP contribution in [0.2, 0.25) is 24.2 Å². The molecule has 0 aromatic heterocycles. The van der Waals surface area contributed by atoms with Gasteiger partial charge in [-0.05, 0) is 68.2 Å². The topological polar surface area (TPSA) is 36.9 Å². The highest BCUT2D eigenvalue weighted by molar-refractivity contribution is 6.37. The van der Waals surface area contributed by atoms with Crippen LogP contribution in [0.3, 0.4) is 0 Å². The first kappa shape index (κ1) is 29.3. The van der Waals surface area contributed by atoms with Gasteiger partial charge in [0.05, 0.1) is 24.4 Å². The highest BCUT2D eigenvalue weighted by atomic mass is 28.2. The van der Waals surface area contributed by atoms with Crippen LogP contribution < -0.4 is 0 Å². The summed E-state index contributed by atoms with van der Waals surface area (Å²) in [7, 11) is 2.16. The van der Waals surface area contributed by atoms with Crippen LogP contribution in [0.15, 0.2) is 0 Å². The van der Waals surface area contributed by atoms with Crippen molar-refractivity contribution in [2.75, 3.05) is 0 Å². The summed E-state index contributed by atoms with van der Waals surface area (Å²) in [5, 5.41) is 0. The van der Waals surface area contributed by atoms with Gasteiger partial charge in [0.1, 0.15) is 0 Å². The van der Waals surface area contributed by atoms with Crippen molar-refractivity contribution in [2.45, 2.75) is 149 Å². The zero-order valence-electron chi connectivity index (χ0n) is 20.5. The number of rotatable bonds is 20. The summed E-state index contributed by atoms with van der Waals surface area (Å²) in [6.45, 7) is 16.6. The second kappa shape index (κ2) is 19.0. The summed E-state index contributed by atoms with van der Waals surface area (Å²) >= 11 is 0. The Morgan fingerprint density at radius 3 is 1.00 bits per heavy atom. The van der Waals surface area contributed by atoms with Crippen molar-refractivity contribution in [2.24, 2.45) is 0 Å². The van der Waals surface area contributed by atoms with E-state index in [2.05, 4.69) is 55.4 Å². The molecule has 6 heteroatoms. The van der Waals surface area contributed by atoms with Gasteiger partial charge in [0, 0.05) is 19.0 Å². The average molecular weight is 445 g/mol. The molecular formula is C23H48O4Si2. The van der Waals surface area contributed by atoms with Crippen molar-refractivity contribution >= 4 is 19.0 Å². The van der Waals surface area contributed by atoms with Gasteiger partial charge in [0.15, 0.2) is 12.6 Å². The first-order chi connectivity index (χ1) is 13.7. The van der Waals surface area contributed by atoms with Crippen molar-refractivity contribution in [3.8, 4) is 0 Å². The van der Waals surface area contributed by atoms with Gasteiger partial charge in [-0.15, -0.1) is 0 Å². The van der Waals surface area contributed by atoms with E-state index in [1.54, 1.807) is 0 Å². The molecule has 4 radical (unpaired) electrons. The fraction of sp³-hybridized carbons (Fsp3) is 1.00. The van der Waals surface area contributed by atoms with E-state index in [1.807, 2.05) is 0 Å². The largest absolute Gasteiger partial charge is 0.350 e. The molecule has 0 rings (SSSR count). The minimum atomic E-state index is -0.0375. The molecule has 0 spiro atoms. The molecule has 0 heterocycles. The zero-order chi connectivity index (χ0) is 22.1. The van der Waals surface area contributed by atoms with Crippen LogP contribution in [-0.2, 0) is 18.9 Å². The number of hydrogen-bond donors (Lipinski definition) is 0. The first-order valence-electron chi connectivity index (χ1n) is 11.7. The molecule has 0 N–H and O–H groups in total. The molecule has 0 bridgehead atoms. The van der Waals surface area contributed by atoms with Crippen LogP contribution in [0.25, 0.3) is 0 Å². The van der Waals surface area contributed by atoms with Crippen molar-refractivity contribution in [1.29, 1.82) is 0 Å². The third kappa shape index (κ3) is 21.3. The third-order valence-electron chi connectivity index (χ3n) is 3.99. The normalized spacial score (nSPS) is 12.6. The SMILES string of the molecule is CC(C)OC(CCC[Si]CCC[Si]CCCC(OC(C)C)OC(C)C)OC(C)C. The Hall–Kier alpha value is 0.274.